The molecule has 5 rings (SSSR count). The quantitative estimate of drug-likeness (QED) is 0.386. The van der Waals surface area contributed by atoms with Crippen molar-refractivity contribution in [3.05, 3.63) is 64.9 Å². The third-order valence-electron chi connectivity index (χ3n) is 7.47. The number of aromatic nitrogens is 3. The van der Waals surface area contributed by atoms with E-state index in [4.69, 9.17) is 11.6 Å². The van der Waals surface area contributed by atoms with Gasteiger partial charge in [0.1, 0.15) is 17.7 Å². The minimum absolute atomic E-state index is 0.00101. The van der Waals surface area contributed by atoms with Crippen LogP contribution in [0.2, 0.25) is 5.02 Å². The molecule has 0 bridgehead atoms. The summed E-state index contributed by atoms with van der Waals surface area (Å²) in [6.07, 6.45) is 10.7. The van der Waals surface area contributed by atoms with Gasteiger partial charge in [0.15, 0.2) is 0 Å². The van der Waals surface area contributed by atoms with Gasteiger partial charge in [0.25, 0.3) is 0 Å². The van der Waals surface area contributed by atoms with Gasteiger partial charge in [-0.2, -0.15) is 9.97 Å². The molecule has 0 radical (unpaired) electrons. The minimum atomic E-state index is -0.400. The van der Waals surface area contributed by atoms with Gasteiger partial charge in [0, 0.05) is 43.6 Å². The lowest BCUT2D eigenvalue weighted by Gasteiger charge is -2.34. The van der Waals surface area contributed by atoms with E-state index in [9.17, 15) is 4.79 Å². The van der Waals surface area contributed by atoms with Crippen LogP contribution in [-0.2, 0) is 11.3 Å². The second kappa shape index (κ2) is 11.5. The zero-order chi connectivity index (χ0) is 25.8. The zero-order valence-electron chi connectivity index (χ0n) is 21.6. The summed E-state index contributed by atoms with van der Waals surface area (Å²) in [6.45, 7) is 1.58. The fourth-order valence-electron chi connectivity index (χ4n) is 5.62. The molecule has 1 saturated carbocycles. The topological polar surface area (TPSA) is 87.1 Å². The van der Waals surface area contributed by atoms with Crippen LogP contribution >= 0.6 is 11.6 Å². The highest BCUT2D eigenvalue weighted by molar-refractivity contribution is 6.30. The van der Waals surface area contributed by atoms with Gasteiger partial charge in [-0.05, 0) is 54.8 Å². The molecule has 2 aliphatic rings. The molecule has 8 nitrogen and oxygen atoms in total. The van der Waals surface area contributed by atoms with Crippen LogP contribution in [0.15, 0.2) is 48.8 Å². The van der Waals surface area contributed by atoms with Gasteiger partial charge >= 0.3 is 0 Å². The normalized spacial score (nSPS) is 19.2. The van der Waals surface area contributed by atoms with E-state index in [0.29, 0.717) is 17.7 Å². The average Bonchev–Trinajstić information content (AvgIpc) is 3.43. The van der Waals surface area contributed by atoms with Crippen LogP contribution < -0.4 is 16.0 Å². The van der Waals surface area contributed by atoms with E-state index in [0.717, 1.165) is 41.5 Å². The molecule has 37 heavy (non-hydrogen) atoms. The van der Waals surface area contributed by atoms with E-state index in [1.165, 1.54) is 32.1 Å². The van der Waals surface area contributed by atoms with Crippen molar-refractivity contribution in [2.45, 2.75) is 57.2 Å². The number of likely N-dealkylation sites (N-methyl/N-ethyl adjacent to an activating group) is 1. The van der Waals surface area contributed by atoms with Crippen molar-refractivity contribution < 1.29 is 4.79 Å². The number of anilines is 2. The standard InChI is InChI=1S/C28H36ClN7O/c1-30-28-33-25(16-26(34-28)36-12-6-7-13-36)31-23(14-19-8-4-3-5-9-19)27(37)32-24-18-35(2)17-20-15-21(29)10-11-22(20)24/h6-7,10-13,15-16,19,23-24H,3-5,8-9,14,17-18H2,1-2H3,(H,32,37)(H2,30,31,33,34)/t23-,24-/m1/s1. The van der Waals surface area contributed by atoms with Gasteiger partial charge in [0.05, 0.1) is 6.04 Å². The van der Waals surface area contributed by atoms with Crippen LogP contribution in [0.4, 0.5) is 11.8 Å². The maximum atomic E-state index is 13.9. The molecule has 3 heterocycles. The Morgan fingerprint density at radius 3 is 2.68 bits per heavy atom. The first-order chi connectivity index (χ1) is 18.0. The van der Waals surface area contributed by atoms with Crippen LogP contribution in [0.5, 0.6) is 0 Å². The Balaban J connectivity index is 1.40. The average molecular weight is 522 g/mol. The highest BCUT2D eigenvalue weighted by Crippen LogP contribution is 2.31. The molecule has 3 N–H and O–H groups in total. The number of fused-ring (bicyclic) bond motifs is 1. The van der Waals surface area contributed by atoms with Crippen molar-refractivity contribution >= 4 is 29.3 Å². The highest BCUT2D eigenvalue weighted by Gasteiger charge is 2.30. The highest BCUT2D eigenvalue weighted by atomic mass is 35.5. The number of amides is 1. The number of benzene rings is 1. The van der Waals surface area contributed by atoms with Crippen molar-refractivity contribution in [3.63, 3.8) is 0 Å². The Kier molecular flexibility index (Phi) is 7.96. The number of halogens is 1. The van der Waals surface area contributed by atoms with E-state index >= 15 is 0 Å². The summed E-state index contributed by atoms with van der Waals surface area (Å²) in [5, 5.41) is 10.6. The molecule has 196 valence electrons. The molecule has 2 aromatic heterocycles. The van der Waals surface area contributed by atoms with Crippen molar-refractivity contribution in [1.29, 1.82) is 0 Å². The summed E-state index contributed by atoms with van der Waals surface area (Å²) in [5.74, 6) is 2.39. The molecule has 1 amide bonds. The lowest BCUT2D eigenvalue weighted by molar-refractivity contribution is -0.123. The first kappa shape index (κ1) is 25.5. The summed E-state index contributed by atoms with van der Waals surface area (Å²) < 4.78 is 1.93. The van der Waals surface area contributed by atoms with E-state index in [2.05, 4.69) is 37.9 Å². The van der Waals surface area contributed by atoms with Crippen molar-refractivity contribution in [2.75, 3.05) is 31.3 Å². The largest absolute Gasteiger partial charge is 0.358 e. The Morgan fingerprint density at radius 1 is 1.14 bits per heavy atom. The first-order valence-corrected chi connectivity index (χ1v) is 13.6. The fraction of sp³-hybridized carbons (Fsp3) is 0.464. The van der Waals surface area contributed by atoms with Crippen molar-refractivity contribution in [1.82, 2.24) is 24.8 Å². The Morgan fingerprint density at radius 2 is 1.92 bits per heavy atom. The third kappa shape index (κ3) is 6.25. The van der Waals surface area contributed by atoms with Crippen LogP contribution in [0.25, 0.3) is 5.82 Å². The molecule has 1 fully saturated rings. The number of carbonyl (C=O) groups is 1. The molecule has 1 aliphatic carbocycles. The fourth-order valence-corrected chi connectivity index (χ4v) is 5.81. The summed E-state index contributed by atoms with van der Waals surface area (Å²) in [7, 11) is 3.87. The molecule has 1 aliphatic heterocycles. The number of rotatable bonds is 8. The van der Waals surface area contributed by atoms with Gasteiger partial charge in [-0.1, -0.05) is 49.8 Å². The van der Waals surface area contributed by atoms with Gasteiger partial charge < -0.3 is 20.5 Å². The lowest BCUT2D eigenvalue weighted by Crippen LogP contribution is -2.47. The maximum absolute atomic E-state index is 13.9. The maximum Gasteiger partial charge on any atom is 0.243 e. The monoisotopic (exact) mass is 521 g/mol. The first-order valence-electron chi connectivity index (χ1n) is 13.2. The molecule has 0 spiro atoms. The van der Waals surface area contributed by atoms with Crippen LogP contribution in [0, 0.1) is 5.92 Å². The van der Waals surface area contributed by atoms with Gasteiger partial charge in [0.2, 0.25) is 11.9 Å². The number of hydrogen-bond donors (Lipinski definition) is 3. The minimum Gasteiger partial charge on any atom is -0.358 e. The number of hydrogen-bond acceptors (Lipinski definition) is 6. The van der Waals surface area contributed by atoms with Gasteiger partial charge in [-0.15, -0.1) is 0 Å². The lowest BCUT2D eigenvalue weighted by atomic mass is 9.84. The summed E-state index contributed by atoms with van der Waals surface area (Å²) in [5.41, 5.74) is 2.30. The van der Waals surface area contributed by atoms with Crippen LogP contribution in [0.3, 0.4) is 0 Å². The molecule has 3 aromatic rings. The SMILES string of the molecule is CNc1nc(N[C@H](CC2CCCCC2)C(=O)N[C@@H]2CN(C)Cc3cc(Cl)ccc32)cc(-n2cccc2)n1. The summed E-state index contributed by atoms with van der Waals surface area (Å²) >= 11 is 6.27. The molecular weight excluding hydrogens is 486 g/mol. The molecule has 9 heteroatoms. The smallest absolute Gasteiger partial charge is 0.243 e. The van der Waals surface area contributed by atoms with Gasteiger partial charge in [-0.25, -0.2) is 0 Å². The van der Waals surface area contributed by atoms with E-state index < -0.39 is 6.04 Å². The van der Waals surface area contributed by atoms with E-state index in [1.54, 1.807) is 7.05 Å². The van der Waals surface area contributed by atoms with Crippen LogP contribution in [-0.4, -0.2) is 52.0 Å². The molecule has 2 atom stereocenters. The number of nitrogens with one attached hydrogen (secondary N) is 3. The predicted octanol–water partition coefficient (Wildman–Crippen LogP) is 5.02. The zero-order valence-corrected chi connectivity index (χ0v) is 22.3. The van der Waals surface area contributed by atoms with Crippen LogP contribution in [0.1, 0.15) is 55.7 Å². The molecular formula is C28H36ClN7O. The molecule has 0 unspecified atom stereocenters. The Labute approximate surface area is 223 Å². The Bertz CT molecular complexity index is 1210. The molecule has 0 saturated heterocycles. The van der Waals surface area contributed by atoms with Crippen molar-refractivity contribution in [3.8, 4) is 5.82 Å². The predicted molar refractivity (Wildman–Crippen MR) is 148 cm³/mol. The van der Waals surface area contributed by atoms with Gasteiger partial charge in [-0.3, -0.25) is 9.69 Å². The summed E-state index contributed by atoms with van der Waals surface area (Å²) in [4.78, 5) is 25.3. The second-order valence-corrected chi connectivity index (χ2v) is 10.7. The van der Waals surface area contributed by atoms with Crippen molar-refractivity contribution in [2.24, 2.45) is 5.92 Å². The number of carbonyl (C=O) groups excluding carboxylic acids is 1. The molecule has 1 aromatic carbocycles. The number of nitrogens with zero attached hydrogens (tertiary/aromatic N) is 4. The third-order valence-corrected chi connectivity index (χ3v) is 7.70. The van der Waals surface area contributed by atoms with E-state index in [-0.39, 0.29) is 11.9 Å². The van der Waals surface area contributed by atoms with E-state index in [1.807, 2.05) is 53.4 Å². The second-order valence-electron chi connectivity index (χ2n) is 10.3. The Hall–Kier alpha value is -3.10. The summed E-state index contributed by atoms with van der Waals surface area (Å²) in [6, 6.07) is 11.3.